The summed E-state index contributed by atoms with van der Waals surface area (Å²) in [6.45, 7) is 8.61. The number of hydrogen-bond acceptors (Lipinski definition) is 3. The van der Waals surface area contributed by atoms with Gasteiger partial charge in [0.15, 0.2) is 0 Å². The van der Waals surface area contributed by atoms with Crippen molar-refractivity contribution in [1.82, 2.24) is 10.3 Å². The third-order valence-corrected chi connectivity index (χ3v) is 3.74. The van der Waals surface area contributed by atoms with Crippen LogP contribution in [0.15, 0.2) is 18.3 Å². The van der Waals surface area contributed by atoms with Crippen LogP contribution in [0.2, 0.25) is 0 Å². The van der Waals surface area contributed by atoms with Crippen molar-refractivity contribution in [2.24, 2.45) is 17.3 Å². The van der Waals surface area contributed by atoms with Crippen LogP contribution in [0.5, 0.6) is 0 Å². The molecule has 1 aliphatic heterocycles. The number of nitrogens with one attached hydrogen (secondary N) is 2. The molecule has 0 aliphatic carbocycles. The molecule has 1 aromatic rings. The first-order chi connectivity index (χ1) is 9.29. The van der Waals surface area contributed by atoms with E-state index in [1.54, 1.807) is 12.3 Å². The number of carbonyl (C=O) groups is 2. The van der Waals surface area contributed by atoms with Crippen LogP contribution in [0.3, 0.4) is 0 Å². The normalized spacial score (nSPS) is 22.5. The summed E-state index contributed by atoms with van der Waals surface area (Å²) < 4.78 is 0. The second-order valence-corrected chi connectivity index (χ2v) is 6.40. The lowest BCUT2D eigenvalue weighted by atomic mass is 9.74. The predicted octanol–water partition coefficient (Wildman–Crippen LogP) is 1.74. The molecule has 1 aliphatic rings. The number of rotatable bonds is 2. The molecule has 2 N–H and O–H groups in total. The second-order valence-electron chi connectivity index (χ2n) is 6.40. The fraction of sp³-hybridized carbons (Fsp3) is 0.533. The molecule has 1 saturated heterocycles. The number of amides is 2. The molecule has 0 spiro atoms. The maximum atomic E-state index is 12.4. The predicted molar refractivity (Wildman–Crippen MR) is 77.0 cm³/mol. The van der Waals surface area contributed by atoms with Crippen molar-refractivity contribution < 1.29 is 9.59 Å². The first kappa shape index (κ1) is 14.5. The van der Waals surface area contributed by atoms with Gasteiger partial charge in [-0.05, 0) is 30.0 Å². The van der Waals surface area contributed by atoms with Crippen LogP contribution < -0.4 is 10.6 Å². The van der Waals surface area contributed by atoms with Gasteiger partial charge in [0, 0.05) is 18.7 Å². The molecule has 1 fully saturated rings. The number of aromatic nitrogens is 1. The Morgan fingerprint density at radius 3 is 2.75 bits per heavy atom. The van der Waals surface area contributed by atoms with Crippen LogP contribution in [0, 0.1) is 24.2 Å². The standard InChI is InChI=1S/C15H21N3O2/c1-9-5-6-16-11(7-9)18-14(20)12-10(15(2,3)4)8-17-13(12)19/h5-7,10,12H,8H2,1-4H3,(H,17,19)(H,16,18,20)/t10-,12+/m0/s1. The molecule has 2 rings (SSSR count). The molecule has 20 heavy (non-hydrogen) atoms. The summed E-state index contributed by atoms with van der Waals surface area (Å²) in [6, 6.07) is 3.65. The maximum absolute atomic E-state index is 12.4. The molecule has 1 aromatic heterocycles. The molecule has 5 heteroatoms. The highest BCUT2D eigenvalue weighted by atomic mass is 16.2. The molecule has 2 amide bonds. The van der Waals surface area contributed by atoms with Gasteiger partial charge in [0.05, 0.1) is 0 Å². The molecule has 2 heterocycles. The number of hydrogen-bond donors (Lipinski definition) is 2. The molecule has 5 nitrogen and oxygen atoms in total. The fourth-order valence-electron chi connectivity index (χ4n) is 2.54. The molecular formula is C15H21N3O2. The van der Waals surface area contributed by atoms with E-state index in [2.05, 4.69) is 15.6 Å². The summed E-state index contributed by atoms with van der Waals surface area (Å²) in [6.07, 6.45) is 1.64. The number of aryl methyl sites for hydroxylation is 1. The zero-order valence-corrected chi connectivity index (χ0v) is 12.4. The maximum Gasteiger partial charge on any atom is 0.238 e. The molecule has 108 valence electrons. The van der Waals surface area contributed by atoms with Gasteiger partial charge < -0.3 is 10.6 Å². The lowest BCUT2D eigenvalue weighted by Gasteiger charge is -2.29. The highest BCUT2D eigenvalue weighted by Gasteiger charge is 2.45. The summed E-state index contributed by atoms with van der Waals surface area (Å²) in [5.74, 6) is -0.660. The summed E-state index contributed by atoms with van der Waals surface area (Å²) in [4.78, 5) is 28.4. The Kier molecular flexibility index (Phi) is 3.79. The van der Waals surface area contributed by atoms with Crippen LogP contribution in [0.1, 0.15) is 26.3 Å². The average Bonchev–Trinajstić information content (AvgIpc) is 2.71. The van der Waals surface area contributed by atoms with Crippen molar-refractivity contribution in [2.45, 2.75) is 27.7 Å². The third kappa shape index (κ3) is 2.98. The number of carbonyl (C=O) groups excluding carboxylic acids is 2. The molecule has 0 saturated carbocycles. The second kappa shape index (κ2) is 5.23. The zero-order valence-electron chi connectivity index (χ0n) is 12.4. The van der Waals surface area contributed by atoms with Crippen molar-refractivity contribution in [2.75, 3.05) is 11.9 Å². The minimum absolute atomic E-state index is 0.0141. The Bertz CT molecular complexity index is 534. The van der Waals surface area contributed by atoms with E-state index in [9.17, 15) is 9.59 Å². The third-order valence-electron chi connectivity index (χ3n) is 3.74. The molecule has 2 atom stereocenters. The van der Waals surface area contributed by atoms with Crippen molar-refractivity contribution in [3.63, 3.8) is 0 Å². The van der Waals surface area contributed by atoms with Gasteiger partial charge in [0.25, 0.3) is 0 Å². The minimum Gasteiger partial charge on any atom is -0.355 e. The van der Waals surface area contributed by atoms with Gasteiger partial charge in [-0.25, -0.2) is 4.98 Å². The highest BCUT2D eigenvalue weighted by Crippen LogP contribution is 2.35. The zero-order chi connectivity index (χ0) is 14.9. The molecular weight excluding hydrogens is 254 g/mol. The van der Waals surface area contributed by atoms with E-state index in [1.165, 1.54) is 0 Å². The van der Waals surface area contributed by atoms with E-state index >= 15 is 0 Å². The Morgan fingerprint density at radius 2 is 2.15 bits per heavy atom. The topological polar surface area (TPSA) is 71.1 Å². The van der Waals surface area contributed by atoms with Crippen LogP contribution >= 0.6 is 0 Å². The Labute approximate surface area is 119 Å². The monoisotopic (exact) mass is 275 g/mol. The van der Waals surface area contributed by atoms with E-state index in [4.69, 9.17) is 0 Å². The van der Waals surface area contributed by atoms with Gasteiger partial charge in [-0.2, -0.15) is 0 Å². The van der Waals surface area contributed by atoms with Crippen molar-refractivity contribution in [3.8, 4) is 0 Å². The fourth-order valence-corrected chi connectivity index (χ4v) is 2.54. The van der Waals surface area contributed by atoms with Gasteiger partial charge in [0.2, 0.25) is 11.8 Å². The molecule has 0 unspecified atom stereocenters. The van der Waals surface area contributed by atoms with E-state index in [0.29, 0.717) is 12.4 Å². The van der Waals surface area contributed by atoms with Crippen molar-refractivity contribution >= 4 is 17.6 Å². The van der Waals surface area contributed by atoms with Gasteiger partial charge in [0.1, 0.15) is 11.7 Å². The van der Waals surface area contributed by atoms with Crippen molar-refractivity contribution in [1.29, 1.82) is 0 Å². The quantitative estimate of drug-likeness (QED) is 0.808. The largest absolute Gasteiger partial charge is 0.355 e. The molecule has 0 bridgehead atoms. The van der Waals surface area contributed by atoms with Crippen molar-refractivity contribution in [3.05, 3.63) is 23.9 Å². The SMILES string of the molecule is Cc1ccnc(NC(=O)[C@H]2C(=O)NC[C@@H]2C(C)(C)C)c1. The molecule has 0 radical (unpaired) electrons. The lowest BCUT2D eigenvalue weighted by molar-refractivity contribution is -0.132. The average molecular weight is 275 g/mol. The summed E-state index contributed by atoms with van der Waals surface area (Å²) in [7, 11) is 0. The highest BCUT2D eigenvalue weighted by molar-refractivity contribution is 6.07. The van der Waals surface area contributed by atoms with E-state index in [1.807, 2.05) is 33.8 Å². The number of pyridine rings is 1. The van der Waals surface area contributed by atoms with Crippen LogP contribution in [0.4, 0.5) is 5.82 Å². The Hall–Kier alpha value is -1.91. The smallest absolute Gasteiger partial charge is 0.238 e. The molecule has 0 aromatic carbocycles. The minimum atomic E-state index is -0.655. The number of nitrogens with zero attached hydrogens (tertiary/aromatic N) is 1. The van der Waals surface area contributed by atoms with Gasteiger partial charge in [-0.3, -0.25) is 9.59 Å². The van der Waals surface area contributed by atoms with Gasteiger partial charge in [-0.1, -0.05) is 20.8 Å². The summed E-state index contributed by atoms with van der Waals surface area (Å²) in [5, 5.41) is 5.53. The number of anilines is 1. The summed E-state index contributed by atoms with van der Waals surface area (Å²) in [5.41, 5.74) is 0.903. The van der Waals surface area contributed by atoms with E-state index < -0.39 is 5.92 Å². The summed E-state index contributed by atoms with van der Waals surface area (Å²) >= 11 is 0. The Balaban J connectivity index is 2.17. The lowest BCUT2D eigenvalue weighted by Crippen LogP contribution is -2.37. The van der Waals surface area contributed by atoms with Crippen LogP contribution in [0.25, 0.3) is 0 Å². The van der Waals surface area contributed by atoms with E-state index in [-0.39, 0.29) is 23.1 Å². The van der Waals surface area contributed by atoms with Crippen LogP contribution in [-0.2, 0) is 9.59 Å². The first-order valence-corrected chi connectivity index (χ1v) is 6.80. The van der Waals surface area contributed by atoms with Gasteiger partial charge in [-0.15, -0.1) is 0 Å². The van der Waals surface area contributed by atoms with Crippen LogP contribution in [-0.4, -0.2) is 23.3 Å². The van der Waals surface area contributed by atoms with Gasteiger partial charge >= 0.3 is 0 Å². The van der Waals surface area contributed by atoms with E-state index in [0.717, 1.165) is 5.56 Å². The Morgan fingerprint density at radius 1 is 1.45 bits per heavy atom. The first-order valence-electron chi connectivity index (χ1n) is 6.80.